The monoisotopic (exact) mass is 313 g/mol. The Balaban J connectivity index is 1.70. The molecule has 0 bridgehead atoms. The molecule has 7 heteroatoms. The molecule has 112 valence electrons. The Morgan fingerprint density at radius 3 is 3.14 bits per heavy atom. The van der Waals surface area contributed by atoms with E-state index in [0.717, 1.165) is 29.5 Å². The lowest BCUT2D eigenvalue weighted by Crippen LogP contribution is -2.33. The van der Waals surface area contributed by atoms with Crippen molar-refractivity contribution in [3.63, 3.8) is 0 Å². The first-order valence-electron chi connectivity index (χ1n) is 7.15. The zero-order valence-electron chi connectivity index (χ0n) is 12.1. The number of hydrogen-bond donors (Lipinski definition) is 1. The minimum absolute atomic E-state index is 0.120. The van der Waals surface area contributed by atoms with Crippen LogP contribution in [0.5, 0.6) is 0 Å². The quantitative estimate of drug-likeness (QED) is 0.783. The van der Waals surface area contributed by atoms with Gasteiger partial charge >= 0.3 is 0 Å². The summed E-state index contributed by atoms with van der Waals surface area (Å²) in [6.07, 6.45) is 0. The third kappa shape index (κ3) is 2.23. The predicted molar refractivity (Wildman–Crippen MR) is 87.9 cm³/mol. The maximum Gasteiger partial charge on any atom is 0.275 e. The van der Waals surface area contributed by atoms with Crippen LogP contribution in [0.4, 0.5) is 11.4 Å². The maximum absolute atomic E-state index is 11.9. The Bertz CT molecular complexity index is 900. The van der Waals surface area contributed by atoms with Gasteiger partial charge in [-0.25, -0.2) is 4.98 Å². The van der Waals surface area contributed by atoms with Crippen molar-refractivity contribution in [1.29, 1.82) is 0 Å². The van der Waals surface area contributed by atoms with E-state index in [1.165, 1.54) is 27.6 Å². The lowest BCUT2D eigenvalue weighted by Gasteiger charge is -2.31. The number of para-hydroxylation sites is 2. The number of nitrogens with zero attached hydrogens (tertiary/aromatic N) is 4. The molecular weight excluding hydrogens is 298 g/mol. The average Bonchev–Trinajstić information content (AvgIpc) is 2.90. The largest absolute Gasteiger partial charge is 0.382 e. The van der Waals surface area contributed by atoms with Crippen LogP contribution in [-0.2, 0) is 6.54 Å². The molecule has 0 fully saturated rings. The zero-order valence-corrected chi connectivity index (χ0v) is 12.9. The second kappa shape index (κ2) is 5.10. The summed E-state index contributed by atoms with van der Waals surface area (Å²) in [5, 5.41) is 8.71. The Labute approximate surface area is 131 Å². The van der Waals surface area contributed by atoms with Crippen LogP contribution >= 0.6 is 11.3 Å². The number of anilines is 2. The van der Waals surface area contributed by atoms with Crippen LogP contribution in [0, 0.1) is 6.92 Å². The smallest absolute Gasteiger partial charge is 0.275 e. The molecule has 0 spiro atoms. The molecule has 1 N–H and O–H groups in total. The van der Waals surface area contributed by atoms with E-state index in [-0.39, 0.29) is 5.56 Å². The number of rotatable bonds is 2. The predicted octanol–water partition coefficient (Wildman–Crippen LogP) is 1.89. The summed E-state index contributed by atoms with van der Waals surface area (Å²) in [7, 11) is 0. The van der Waals surface area contributed by atoms with Gasteiger partial charge in [-0.3, -0.25) is 4.79 Å². The fraction of sp³-hybridized carbons (Fsp3) is 0.267. The van der Waals surface area contributed by atoms with Crippen LogP contribution in [0.25, 0.3) is 4.96 Å². The van der Waals surface area contributed by atoms with E-state index in [1.807, 2.05) is 19.1 Å². The highest BCUT2D eigenvalue weighted by Gasteiger charge is 2.18. The number of benzene rings is 1. The van der Waals surface area contributed by atoms with Crippen molar-refractivity contribution >= 4 is 27.7 Å². The Morgan fingerprint density at radius 2 is 2.23 bits per heavy atom. The van der Waals surface area contributed by atoms with Crippen LogP contribution < -0.4 is 15.8 Å². The van der Waals surface area contributed by atoms with Gasteiger partial charge in [-0.05, 0) is 19.1 Å². The van der Waals surface area contributed by atoms with E-state index >= 15 is 0 Å². The maximum atomic E-state index is 11.9. The fourth-order valence-electron chi connectivity index (χ4n) is 2.70. The first-order chi connectivity index (χ1) is 10.7. The molecule has 0 atom stereocenters. The molecule has 2 aromatic heterocycles. The molecular formula is C15H15N5OS. The highest BCUT2D eigenvalue weighted by Crippen LogP contribution is 2.30. The third-order valence-electron chi connectivity index (χ3n) is 3.68. The van der Waals surface area contributed by atoms with Gasteiger partial charge < -0.3 is 10.2 Å². The van der Waals surface area contributed by atoms with Crippen molar-refractivity contribution in [2.75, 3.05) is 23.3 Å². The molecule has 0 aliphatic carbocycles. The van der Waals surface area contributed by atoms with Crippen molar-refractivity contribution in [1.82, 2.24) is 14.6 Å². The van der Waals surface area contributed by atoms with Gasteiger partial charge in [-0.1, -0.05) is 23.5 Å². The van der Waals surface area contributed by atoms with Crippen LogP contribution in [0.2, 0.25) is 0 Å². The van der Waals surface area contributed by atoms with Crippen LogP contribution in [-0.4, -0.2) is 27.7 Å². The molecule has 3 aromatic rings. The van der Waals surface area contributed by atoms with Crippen molar-refractivity contribution < 1.29 is 0 Å². The summed E-state index contributed by atoms with van der Waals surface area (Å²) < 4.78 is 1.39. The summed E-state index contributed by atoms with van der Waals surface area (Å²) in [6, 6.07) is 9.75. The van der Waals surface area contributed by atoms with Crippen molar-refractivity contribution in [2.45, 2.75) is 13.5 Å². The van der Waals surface area contributed by atoms with E-state index in [4.69, 9.17) is 0 Å². The van der Waals surface area contributed by atoms with Crippen LogP contribution in [0.1, 0.15) is 10.7 Å². The first-order valence-corrected chi connectivity index (χ1v) is 7.96. The molecule has 0 saturated heterocycles. The normalized spacial score (nSPS) is 14.0. The third-order valence-corrected chi connectivity index (χ3v) is 4.58. The summed E-state index contributed by atoms with van der Waals surface area (Å²) in [5.74, 6) is 0. The summed E-state index contributed by atoms with van der Waals surface area (Å²) >= 11 is 1.47. The topological polar surface area (TPSA) is 62.5 Å². The molecule has 22 heavy (non-hydrogen) atoms. The Hall–Kier alpha value is -2.41. The van der Waals surface area contributed by atoms with Crippen LogP contribution in [0.15, 0.2) is 35.1 Å². The van der Waals surface area contributed by atoms with Crippen molar-refractivity contribution in [2.24, 2.45) is 0 Å². The minimum Gasteiger partial charge on any atom is -0.382 e. The number of nitrogens with one attached hydrogen (secondary N) is 1. The summed E-state index contributed by atoms with van der Waals surface area (Å²) in [6.45, 7) is 4.33. The molecule has 4 rings (SSSR count). The standard InChI is InChI=1S/C15H15N5OS/c1-10-8-14(21)20-15(17-10)22-13(18-20)9-19-7-6-16-11-4-2-3-5-12(11)19/h2-5,8,16H,6-7,9H2,1H3. The van der Waals surface area contributed by atoms with Gasteiger partial charge in [0.1, 0.15) is 5.01 Å². The van der Waals surface area contributed by atoms with Gasteiger partial charge in [-0.15, -0.1) is 0 Å². The summed E-state index contributed by atoms with van der Waals surface area (Å²) in [5.41, 5.74) is 2.92. The Kier molecular flexibility index (Phi) is 3.07. The molecule has 1 aromatic carbocycles. The number of aryl methyl sites for hydroxylation is 1. The molecule has 1 aliphatic heterocycles. The Morgan fingerprint density at radius 1 is 1.36 bits per heavy atom. The van der Waals surface area contributed by atoms with Gasteiger partial charge in [-0.2, -0.15) is 9.61 Å². The summed E-state index contributed by atoms with van der Waals surface area (Å²) in [4.78, 5) is 19.3. The lowest BCUT2D eigenvalue weighted by atomic mass is 10.2. The van der Waals surface area contributed by atoms with Crippen LogP contribution in [0.3, 0.4) is 0 Å². The van der Waals surface area contributed by atoms with Gasteiger partial charge in [0, 0.05) is 24.8 Å². The van der Waals surface area contributed by atoms with E-state index in [0.29, 0.717) is 11.5 Å². The highest BCUT2D eigenvalue weighted by molar-refractivity contribution is 7.16. The van der Waals surface area contributed by atoms with Gasteiger partial charge in [0.15, 0.2) is 0 Å². The SMILES string of the molecule is Cc1cc(=O)n2nc(CN3CCNc4ccccc43)sc2n1. The minimum atomic E-state index is -0.120. The molecule has 0 amide bonds. The second-order valence-corrected chi connectivity index (χ2v) is 6.33. The zero-order chi connectivity index (χ0) is 15.1. The highest BCUT2D eigenvalue weighted by atomic mass is 32.1. The molecule has 0 unspecified atom stereocenters. The molecule has 6 nitrogen and oxygen atoms in total. The number of hydrogen-bond acceptors (Lipinski definition) is 6. The van der Waals surface area contributed by atoms with Crippen molar-refractivity contribution in [3.05, 3.63) is 51.4 Å². The average molecular weight is 313 g/mol. The fourth-order valence-corrected chi connectivity index (χ4v) is 3.66. The lowest BCUT2D eigenvalue weighted by molar-refractivity contribution is 0.758. The molecule has 0 saturated carbocycles. The number of fused-ring (bicyclic) bond motifs is 2. The van der Waals surface area contributed by atoms with Crippen molar-refractivity contribution in [3.8, 4) is 0 Å². The number of aromatic nitrogens is 3. The van der Waals surface area contributed by atoms with E-state index in [2.05, 4.69) is 32.4 Å². The van der Waals surface area contributed by atoms with Gasteiger partial charge in [0.2, 0.25) is 4.96 Å². The van der Waals surface area contributed by atoms with Gasteiger partial charge in [0.25, 0.3) is 5.56 Å². The molecule has 0 radical (unpaired) electrons. The molecule has 3 heterocycles. The van der Waals surface area contributed by atoms with E-state index < -0.39 is 0 Å². The molecule has 1 aliphatic rings. The van der Waals surface area contributed by atoms with E-state index in [9.17, 15) is 4.79 Å². The van der Waals surface area contributed by atoms with Gasteiger partial charge in [0.05, 0.1) is 17.9 Å². The second-order valence-electron chi connectivity index (χ2n) is 5.29. The van der Waals surface area contributed by atoms with E-state index in [1.54, 1.807) is 0 Å². The first kappa shape index (κ1) is 13.3.